The fourth-order valence-corrected chi connectivity index (χ4v) is 2.96. The molecule has 1 unspecified atom stereocenters. The van der Waals surface area contributed by atoms with E-state index in [1.54, 1.807) is 4.90 Å². The molecule has 0 saturated carbocycles. The van der Waals surface area contributed by atoms with Crippen molar-refractivity contribution in [2.75, 3.05) is 39.3 Å². The molecule has 6 nitrogen and oxygen atoms in total. The third-order valence-corrected chi connectivity index (χ3v) is 4.27. The van der Waals surface area contributed by atoms with E-state index >= 15 is 0 Å². The fraction of sp³-hybridized carbons (Fsp3) is 0.857. The van der Waals surface area contributed by atoms with Gasteiger partial charge < -0.3 is 20.4 Å². The lowest BCUT2D eigenvalue weighted by Crippen LogP contribution is -2.62. The Morgan fingerprint density at radius 3 is 2.29 bits per heavy atom. The Morgan fingerprint density at radius 2 is 1.76 bits per heavy atom. The number of hydrogen-bond donors (Lipinski definition) is 2. The zero-order valence-electron chi connectivity index (χ0n) is 13.0. The highest BCUT2D eigenvalue weighted by Gasteiger charge is 2.38. The highest BCUT2D eigenvalue weighted by atomic mass is 35.5. The van der Waals surface area contributed by atoms with Crippen LogP contribution in [0.4, 0.5) is 4.79 Å². The van der Waals surface area contributed by atoms with Crippen LogP contribution >= 0.6 is 12.4 Å². The average Bonchev–Trinajstić information content (AvgIpc) is 2.48. The van der Waals surface area contributed by atoms with Crippen molar-refractivity contribution in [1.29, 1.82) is 0 Å². The molecule has 2 aliphatic heterocycles. The third-order valence-electron chi connectivity index (χ3n) is 4.27. The first-order valence-electron chi connectivity index (χ1n) is 7.64. The predicted molar refractivity (Wildman–Crippen MR) is 84.7 cm³/mol. The van der Waals surface area contributed by atoms with Crippen LogP contribution in [0.15, 0.2) is 0 Å². The Hall–Kier alpha value is -1.01. The van der Waals surface area contributed by atoms with Gasteiger partial charge in [0.2, 0.25) is 5.91 Å². The molecule has 0 aromatic rings. The summed E-state index contributed by atoms with van der Waals surface area (Å²) in [5, 5.41) is 6.16. The highest BCUT2D eigenvalue weighted by Crippen LogP contribution is 2.22. The number of halogens is 1. The number of nitrogens with one attached hydrogen (secondary N) is 2. The quantitative estimate of drug-likeness (QED) is 0.792. The molecule has 122 valence electrons. The monoisotopic (exact) mass is 318 g/mol. The van der Waals surface area contributed by atoms with Gasteiger partial charge in [0.05, 0.1) is 5.54 Å². The molecular formula is C14H27ClN4O2. The molecule has 2 rings (SSSR count). The average molecular weight is 319 g/mol. The lowest BCUT2D eigenvalue weighted by Gasteiger charge is -2.41. The summed E-state index contributed by atoms with van der Waals surface area (Å²) in [6, 6.07) is -0.0263. The van der Waals surface area contributed by atoms with Gasteiger partial charge in [0.25, 0.3) is 0 Å². The van der Waals surface area contributed by atoms with Crippen molar-refractivity contribution in [3.63, 3.8) is 0 Å². The Bertz CT molecular complexity index is 364. The minimum absolute atomic E-state index is 0. The molecule has 1 atom stereocenters. The van der Waals surface area contributed by atoms with Gasteiger partial charge in [-0.15, -0.1) is 12.4 Å². The molecule has 21 heavy (non-hydrogen) atoms. The lowest BCUT2D eigenvalue weighted by molar-refractivity contribution is -0.140. The summed E-state index contributed by atoms with van der Waals surface area (Å²) in [4.78, 5) is 28.0. The molecular weight excluding hydrogens is 292 g/mol. The maximum absolute atomic E-state index is 12.6. The number of rotatable bonds is 2. The number of urea groups is 1. The normalized spacial score (nSPS) is 26.0. The second kappa shape index (κ2) is 7.84. The van der Waals surface area contributed by atoms with Gasteiger partial charge >= 0.3 is 6.03 Å². The minimum Gasteiger partial charge on any atom is -0.338 e. The molecule has 7 heteroatoms. The van der Waals surface area contributed by atoms with E-state index in [9.17, 15) is 9.59 Å². The Morgan fingerprint density at radius 1 is 1.14 bits per heavy atom. The van der Waals surface area contributed by atoms with Crippen LogP contribution in [0.1, 0.15) is 33.1 Å². The second-order valence-corrected chi connectivity index (χ2v) is 5.83. The number of amides is 3. The maximum Gasteiger partial charge on any atom is 0.317 e. The minimum atomic E-state index is -0.411. The van der Waals surface area contributed by atoms with E-state index in [4.69, 9.17) is 0 Å². The van der Waals surface area contributed by atoms with Crippen molar-refractivity contribution in [2.45, 2.75) is 38.6 Å². The number of piperidine rings is 1. The van der Waals surface area contributed by atoms with Gasteiger partial charge in [0.1, 0.15) is 0 Å². The number of carbonyl (C=O) groups excluding carboxylic acids is 2. The summed E-state index contributed by atoms with van der Waals surface area (Å²) in [5.41, 5.74) is -0.411. The Balaban J connectivity index is 0.00000220. The molecule has 2 saturated heterocycles. The Labute approximate surface area is 133 Å². The summed E-state index contributed by atoms with van der Waals surface area (Å²) >= 11 is 0. The number of carbonyl (C=O) groups is 2. The van der Waals surface area contributed by atoms with Gasteiger partial charge in [-0.25, -0.2) is 4.79 Å². The van der Waals surface area contributed by atoms with Gasteiger partial charge in [-0.05, 0) is 39.7 Å². The summed E-state index contributed by atoms with van der Waals surface area (Å²) in [6.07, 6.45) is 3.16. The van der Waals surface area contributed by atoms with Crippen LogP contribution in [0.3, 0.4) is 0 Å². The second-order valence-electron chi connectivity index (χ2n) is 5.83. The SMILES string of the molecule is CCNC(=O)N1CCN(C(=O)C2(C)CCCCN2)CC1.Cl. The van der Waals surface area contributed by atoms with Gasteiger partial charge in [-0.1, -0.05) is 0 Å². The van der Waals surface area contributed by atoms with Crippen LogP contribution in [0.25, 0.3) is 0 Å². The van der Waals surface area contributed by atoms with E-state index in [0.29, 0.717) is 32.7 Å². The molecule has 0 aliphatic carbocycles. The van der Waals surface area contributed by atoms with Crippen molar-refractivity contribution >= 4 is 24.3 Å². The first kappa shape index (κ1) is 18.0. The van der Waals surface area contributed by atoms with Crippen LogP contribution < -0.4 is 10.6 Å². The highest BCUT2D eigenvalue weighted by molar-refractivity contribution is 5.86. The van der Waals surface area contributed by atoms with Crippen molar-refractivity contribution in [1.82, 2.24) is 20.4 Å². The summed E-state index contributed by atoms with van der Waals surface area (Å²) in [5.74, 6) is 0.188. The number of hydrogen-bond acceptors (Lipinski definition) is 3. The summed E-state index contributed by atoms with van der Waals surface area (Å²) in [6.45, 7) is 7.97. The van der Waals surface area contributed by atoms with E-state index in [2.05, 4.69) is 10.6 Å². The first-order chi connectivity index (χ1) is 9.57. The van der Waals surface area contributed by atoms with Gasteiger partial charge in [0.15, 0.2) is 0 Å². The van der Waals surface area contributed by atoms with Crippen LogP contribution in [-0.4, -0.2) is 66.5 Å². The van der Waals surface area contributed by atoms with E-state index in [1.165, 1.54) is 0 Å². The largest absolute Gasteiger partial charge is 0.338 e. The molecule has 2 N–H and O–H groups in total. The third kappa shape index (κ3) is 4.23. The van der Waals surface area contributed by atoms with Crippen molar-refractivity contribution in [3.8, 4) is 0 Å². The van der Waals surface area contributed by atoms with E-state index in [1.807, 2.05) is 18.7 Å². The molecule has 0 bridgehead atoms. The van der Waals surface area contributed by atoms with Crippen LogP contribution in [-0.2, 0) is 4.79 Å². The molecule has 2 aliphatic rings. The van der Waals surface area contributed by atoms with Crippen molar-refractivity contribution in [3.05, 3.63) is 0 Å². The Kier molecular flexibility index (Phi) is 6.74. The maximum atomic E-state index is 12.6. The summed E-state index contributed by atoms with van der Waals surface area (Å²) in [7, 11) is 0. The molecule has 3 amide bonds. The fourth-order valence-electron chi connectivity index (χ4n) is 2.96. The zero-order valence-corrected chi connectivity index (χ0v) is 13.8. The van der Waals surface area contributed by atoms with Gasteiger partial charge in [-0.3, -0.25) is 4.79 Å². The topological polar surface area (TPSA) is 64.7 Å². The molecule has 2 fully saturated rings. The van der Waals surface area contributed by atoms with Crippen LogP contribution in [0, 0.1) is 0 Å². The first-order valence-corrected chi connectivity index (χ1v) is 7.64. The van der Waals surface area contributed by atoms with Crippen molar-refractivity contribution < 1.29 is 9.59 Å². The van der Waals surface area contributed by atoms with Gasteiger partial charge in [0, 0.05) is 32.7 Å². The van der Waals surface area contributed by atoms with E-state index in [0.717, 1.165) is 25.8 Å². The molecule has 2 heterocycles. The van der Waals surface area contributed by atoms with E-state index in [-0.39, 0.29) is 24.3 Å². The predicted octanol–water partition coefficient (Wildman–Crippen LogP) is 0.814. The van der Waals surface area contributed by atoms with Crippen LogP contribution in [0.2, 0.25) is 0 Å². The van der Waals surface area contributed by atoms with Crippen molar-refractivity contribution in [2.24, 2.45) is 0 Å². The molecule has 0 radical (unpaired) electrons. The van der Waals surface area contributed by atoms with Crippen LogP contribution in [0.5, 0.6) is 0 Å². The molecule has 0 aromatic carbocycles. The van der Waals surface area contributed by atoms with E-state index < -0.39 is 5.54 Å². The smallest absolute Gasteiger partial charge is 0.317 e. The lowest BCUT2D eigenvalue weighted by atomic mass is 9.89. The molecule has 0 aromatic heterocycles. The number of nitrogens with zero attached hydrogens (tertiary/aromatic N) is 2. The number of piperazine rings is 1. The summed E-state index contributed by atoms with van der Waals surface area (Å²) < 4.78 is 0. The van der Waals surface area contributed by atoms with Gasteiger partial charge in [-0.2, -0.15) is 0 Å². The molecule has 0 spiro atoms. The zero-order chi connectivity index (χ0) is 14.6. The standard InChI is InChI=1S/C14H26N4O2.ClH/c1-3-15-13(20)18-10-8-17(9-11-18)12(19)14(2)6-4-5-7-16-14;/h16H,3-11H2,1-2H3,(H,15,20);1H.